The summed E-state index contributed by atoms with van der Waals surface area (Å²) >= 11 is 12.4. The highest BCUT2D eigenvalue weighted by atomic mass is 35.5. The molecule has 2 aromatic carbocycles. The number of anilines is 1. The van der Waals surface area contributed by atoms with Gasteiger partial charge in [-0.15, -0.1) is 0 Å². The Morgan fingerprint density at radius 2 is 1.59 bits per heavy atom. The minimum absolute atomic E-state index is 0.0496. The number of nitrogens with one attached hydrogen (secondary N) is 2. The highest BCUT2D eigenvalue weighted by Crippen LogP contribution is 2.30. The molecule has 5 nitrogen and oxygen atoms in total. The summed E-state index contributed by atoms with van der Waals surface area (Å²) in [5, 5.41) is 4.92. The van der Waals surface area contributed by atoms with Gasteiger partial charge in [0.25, 0.3) is 0 Å². The molecule has 0 unspecified atom stereocenters. The van der Waals surface area contributed by atoms with Crippen LogP contribution in [0.5, 0.6) is 0 Å². The average molecular weight is 529 g/mol. The van der Waals surface area contributed by atoms with Crippen molar-refractivity contribution in [1.82, 2.24) is 9.62 Å². The van der Waals surface area contributed by atoms with Crippen molar-refractivity contribution in [3.05, 3.63) is 58.3 Å². The van der Waals surface area contributed by atoms with Gasteiger partial charge in [0.05, 0.1) is 15.6 Å². The van der Waals surface area contributed by atoms with Gasteiger partial charge in [0, 0.05) is 30.2 Å². The molecule has 1 heterocycles. The van der Waals surface area contributed by atoms with Crippen molar-refractivity contribution in [2.45, 2.75) is 61.9 Å². The second kappa shape index (κ2) is 11.6. The van der Waals surface area contributed by atoms with E-state index in [9.17, 15) is 12.8 Å². The van der Waals surface area contributed by atoms with Crippen LogP contribution in [-0.4, -0.2) is 45.0 Å². The zero-order valence-corrected chi connectivity index (χ0v) is 21.5. The van der Waals surface area contributed by atoms with E-state index in [1.165, 1.54) is 24.3 Å². The highest BCUT2D eigenvalue weighted by molar-refractivity contribution is 7.89. The van der Waals surface area contributed by atoms with Crippen LogP contribution in [0.1, 0.15) is 44.9 Å². The summed E-state index contributed by atoms with van der Waals surface area (Å²) in [6, 6.07) is 10.8. The summed E-state index contributed by atoms with van der Waals surface area (Å²) in [5.41, 5.74) is 0.902. The van der Waals surface area contributed by atoms with Crippen LogP contribution in [0.2, 0.25) is 10.0 Å². The normalized spacial score (nSPS) is 22.6. The number of sulfonamides is 1. The first-order valence-corrected chi connectivity index (χ1v) is 14.2. The zero-order chi connectivity index (χ0) is 24.1. The van der Waals surface area contributed by atoms with Crippen LogP contribution in [0.25, 0.3) is 0 Å². The van der Waals surface area contributed by atoms with E-state index >= 15 is 0 Å². The summed E-state index contributed by atoms with van der Waals surface area (Å²) in [6.07, 6.45) is 7.04. The molecular formula is C25H32Cl2FN3O2S. The number of hydrogen-bond acceptors (Lipinski definition) is 4. The predicted molar refractivity (Wildman–Crippen MR) is 137 cm³/mol. The lowest BCUT2D eigenvalue weighted by Gasteiger charge is -2.35. The summed E-state index contributed by atoms with van der Waals surface area (Å²) in [4.78, 5) is 2.65. The third-order valence-corrected chi connectivity index (χ3v) is 9.12. The first kappa shape index (κ1) is 25.7. The van der Waals surface area contributed by atoms with Crippen molar-refractivity contribution in [1.29, 1.82) is 0 Å². The standard InChI is InChI=1S/C25H32Cl2FN3O2S/c26-19-3-10-24(27)25(17-19)29-21-12-15-31(16-13-21)14-11-18-1-6-22(7-2-18)30-34(32,33)23-8-4-20(28)5-9-23/h3-5,8-10,17-18,21-22,29-30H,1-2,6-7,11-16H2. The summed E-state index contributed by atoms with van der Waals surface area (Å²) in [5.74, 6) is 0.193. The smallest absolute Gasteiger partial charge is 0.240 e. The average Bonchev–Trinajstić information content (AvgIpc) is 2.82. The van der Waals surface area contributed by atoms with E-state index in [1.807, 2.05) is 12.1 Å². The number of rotatable bonds is 8. The van der Waals surface area contributed by atoms with Gasteiger partial charge in [-0.1, -0.05) is 23.2 Å². The molecule has 0 spiro atoms. The SMILES string of the molecule is O=S(=O)(NC1CCC(CCN2CCC(Nc3cc(Cl)ccc3Cl)CC2)CC1)c1ccc(F)cc1. The molecule has 34 heavy (non-hydrogen) atoms. The maximum absolute atomic E-state index is 13.1. The predicted octanol–water partition coefficient (Wildman–Crippen LogP) is 5.94. The molecule has 1 saturated carbocycles. The first-order chi connectivity index (χ1) is 16.3. The molecule has 4 rings (SSSR count). The Balaban J connectivity index is 1.15. The Hall–Kier alpha value is -1.38. The fourth-order valence-corrected chi connectivity index (χ4v) is 6.61. The lowest BCUT2D eigenvalue weighted by atomic mass is 9.84. The number of piperidine rings is 1. The summed E-state index contributed by atoms with van der Waals surface area (Å²) in [6.45, 7) is 3.20. The first-order valence-electron chi connectivity index (χ1n) is 12.0. The molecule has 2 N–H and O–H groups in total. The minimum Gasteiger partial charge on any atom is -0.381 e. The van der Waals surface area contributed by atoms with Crippen molar-refractivity contribution in [2.24, 2.45) is 5.92 Å². The van der Waals surface area contributed by atoms with Crippen molar-refractivity contribution in [3.8, 4) is 0 Å². The van der Waals surface area contributed by atoms with Crippen molar-refractivity contribution in [2.75, 3.05) is 25.0 Å². The molecule has 186 valence electrons. The van der Waals surface area contributed by atoms with Gasteiger partial charge in [0.15, 0.2) is 0 Å². The Morgan fingerprint density at radius 3 is 2.26 bits per heavy atom. The molecule has 0 atom stereocenters. The summed E-state index contributed by atoms with van der Waals surface area (Å²) < 4.78 is 41.0. The van der Waals surface area contributed by atoms with Gasteiger partial charge in [-0.05, 0) is 99.9 Å². The van der Waals surface area contributed by atoms with E-state index in [4.69, 9.17) is 23.2 Å². The number of halogens is 3. The molecule has 0 aromatic heterocycles. The molecule has 1 aliphatic carbocycles. The second-order valence-corrected chi connectivity index (χ2v) is 12.0. The Morgan fingerprint density at radius 1 is 0.912 bits per heavy atom. The van der Waals surface area contributed by atoms with E-state index in [1.54, 1.807) is 6.07 Å². The van der Waals surface area contributed by atoms with Crippen molar-refractivity contribution < 1.29 is 12.8 Å². The third-order valence-electron chi connectivity index (χ3n) is 7.02. The van der Waals surface area contributed by atoms with Crippen molar-refractivity contribution in [3.63, 3.8) is 0 Å². The molecule has 0 amide bonds. The highest BCUT2D eigenvalue weighted by Gasteiger charge is 2.27. The fourth-order valence-electron chi connectivity index (χ4n) is 4.96. The van der Waals surface area contributed by atoms with Crippen LogP contribution in [0, 0.1) is 11.7 Å². The molecule has 9 heteroatoms. The van der Waals surface area contributed by atoms with Crippen LogP contribution in [-0.2, 0) is 10.0 Å². The Bertz CT molecular complexity index is 1050. The molecule has 1 aliphatic heterocycles. The van der Waals surface area contributed by atoms with Gasteiger partial charge < -0.3 is 10.2 Å². The molecule has 2 fully saturated rings. The number of benzene rings is 2. The van der Waals surface area contributed by atoms with Gasteiger partial charge >= 0.3 is 0 Å². The van der Waals surface area contributed by atoms with Gasteiger partial charge in [0.1, 0.15) is 5.82 Å². The van der Waals surface area contributed by atoms with Crippen LogP contribution in [0.4, 0.5) is 10.1 Å². The number of nitrogens with zero attached hydrogens (tertiary/aromatic N) is 1. The number of hydrogen-bond donors (Lipinski definition) is 2. The molecular weight excluding hydrogens is 496 g/mol. The topological polar surface area (TPSA) is 61.4 Å². The quantitative estimate of drug-likeness (QED) is 0.446. The summed E-state index contributed by atoms with van der Waals surface area (Å²) in [7, 11) is -3.60. The van der Waals surface area contributed by atoms with E-state index < -0.39 is 15.8 Å². The Kier molecular flexibility index (Phi) is 8.75. The van der Waals surface area contributed by atoms with Crippen LogP contribution in [0.15, 0.2) is 47.4 Å². The zero-order valence-electron chi connectivity index (χ0n) is 19.2. The molecule has 1 saturated heterocycles. The molecule has 0 radical (unpaired) electrons. The number of likely N-dealkylation sites (tertiary alicyclic amines) is 1. The van der Waals surface area contributed by atoms with Gasteiger partial charge in [-0.3, -0.25) is 0 Å². The maximum atomic E-state index is 13.1. The Labute approximate surface area is 212 Å². The monoisotopic (exact) mass is 527 g/mol. The van der Waals surface area contributed by atoms with Crippen LogP contribution < -0.4 is 10.0 Å². The van der Waals surface area contributed by atoms with E-state index in [2.05, 4.69) is 14.9 Å². The van der Waals surface area contributed by atoms with Crippen LogP contribution >= 0.6 is 23.2 Å². The van der Waals surface area contributed by atoms with Gasteiger partial charge in [0.2, 0.25) is 10.0 Å². The second-order valence-electron chi connectivity index (χ2n) is 9.47. The van der Waals surface area contributed by atoms with Crippen molar-refractivity contribution >= 4 is 38.9 Å². The lowest BCUT2D eigenvalue weighted by Crippen LogP contribution is -2.41. The van der Waals surface area contributed by atoms with Crippen LogP contribution in [0.3, 0.4) is 0 Å². The molecule has 2 aromatic rings. The lowest BCUT2D eigenvalue weighted by molar-refractivity contribution is 0.190. The molecule has 0 bridgehead atoms. The third kappa shape index (κ3) is 7.08. The van der Waals surface area contributed by atoms with E-state index in [0.717, 1.165) is 70.3 Å². The fraction of sp³-hybridized carbons (Fsp3) is 0.520. The van der Waals surface area contributed by atoms with Gasteiger partial charge in [-0.25, -0.2) is 17.5 Å². The van der Waals surface area contributed by atoms with Gasteiger partial charge in [-0.2, -0.15) is 0 Å². The van der Waals surface area contributed by atoms with E-state index in [-0.39, 0.29) is 10.9 Å². The van der Waals surface area contributed by atoms with E-state index in [0.29, 0.717) is 22.0 Å². The maximum Gasteiger partial charge on any atom is 0.240 e. The largest absolute Gasteiger partial charge is 0.381 e. The molecule has 2 aliphatic rings. The minimum atomic E-state index is -3.60.